The van der Waals surface area contributed by atoms with Crippen LogP contribution in [0.5, 0.6) is 28.7 Å². The first-order chi connectivity index (χ1) is 12.5. The monoisotopic (exact) mass is 356 g/mol. The number of aromatic hydroxyl groups is 3. The van der Waals surface area contributed by atoms with Gasteiger partial charge < -0.3 is 29.2 Å². The molecule has 26 heavy (non-hydrogen) atoms. The van der Waals surface area contributed by atoms with Gasteiger partial charge in [0.25, 0.3) is 0 Å². The zero-order chi connectivity index (χ0) is 18.8. The molecule has 0 bridgehead atoms. The van der Waals surface area contributed by atoms with E-state index in [0.717, 1.165) is 0 Å². The molecule has 0 atom stereocenters. The van der Waals surface area contributed by atoms with Gasteiger partial charge in [-0.25, -0.2) is 0 Å². The van der Waals surface area contributed by atoms with E-state index in [9.17, 15) is 20.1 Å². The Labute approximate surface area is 148 Å². The molecule has 0 aliphatic heterocycles. The van der Waals surface area contributed by atoms with Crippen molar-refractivity contribution < 1.29 is 34.0 Å². The highest BCUT2D eigenvalue weighted by Crippen LogP contribution is 2.45. The third kappa shape index (κ3) is 2.90. The van der Waals surface area contributed by atoms with Crippen LogP contribution in [0.2, 0.25) is 0 Å². The van der Waals surface area contributed by atoms with E-state index < -0.39 is 11.5 Å². The highest BCUT2D eigenvalue weighted by atomic mass is 16.5. The van der Waals surface area contributed by atoms with Gasteiger partial charge >= 0.3 is 0 Å². The molecule has 7 nitrogen and oxygen atoms in total. The lowest BCUT2D eigenvalue weighted by atomic mass is 10.0. The van der Waals surface area contributed by atoms with Crippen molar-refractivity contribution in [1.82, 2.24) is 0 Å². The predicted molar refractivity (Wildman–Crippen MR) is 94.1 cm³/mol. The zero-order valence-electron chi connectivity index (χ0n) is 14.0. The average Bonchev–Trinajstić information content (AvgIpc) is 3.07. The number of ether oxygens (including phenoxy) is 2. The van der Waals surface area contributed by atoms with Crippen LogP contribution < -0.4 is 9.47 Å². The Hall–Kier alpha value is -3.61. The Morgan fingerprint density at radius 2 is 1.69 bits per heavy atom. The molecule has 0 spiro atoms. The molecule has 0 aliphatic rings. The number of phenolic OH excluding ortho intramolecular Hbond substituents is 3. The number of carbonyl (C=O) groups is 1. The van der Waals surface area contributed by atoms with Crippen molar-refractivity contribution in [3.8, 4) is 28.7 Å². The maximum absolute atomic E-state index is 12.7. The first-order valence-electron chi connectivity index (χ1n) is 7.55. The summed E-state index contributed by atoms with van der Waals surface area (Å²) in [5, 5.41) is 30.0. The van der Waals surface area contributed by atoms with Crippen LogP contribution in [0.15, 0.2) is 41.0 Å². The maximum atomic E-state index is 12.7. The quantitative estimate of drug-likeness (QED) is 0.474. The fraction of sp³-hybridized carbons (Fsp3) is 0.105. The minimum Gasteiger partial charge on any atom is -0.508 e. The summed E-state index contributed by atoms with van der Waals surface area (Å²) in [4.78, 5) is 12.7. The highest BCUT2D eigenvalue weighted by Gasteiger charge is 2.26. The van der Waals surface area contributed by atoms with Crippen molar-refractivity contribution >= 4 is 22.8 Å². The molecule has 0 radical (unpaired) electrons. The van der Waals surface area contributed by atoms with Crippen LogP contribution in [-0.4, -0.2) is 35.3 Å². The maximum Gasteiger partial charge on any atom is 0.205 e. The zero-order valence-corrected chi connectivity index (χ0v) is 14.0. The second-order valence-corrected chi connectivity index (χ2v) is 5.43. The number of rotatable bonds is 5. The molecular weight excluding hydrogens is 340 g/mol. The average molecular weight is 356 g/mol. The van der Waals surface area contributed by atoms with Crippen molar-refractivity contribution in [2.24, 2.45) is 0 Å². The van der Waals surface area contributed by atoms with E-state index in [4.69, 9.17) is 13.9 Å². The molecule has 0 fully saturated rings. The van der Waals surface area contributed by atoms with E-state index in [1.165, 1.54) is 50.8 Å². The summed E-state index contributed by atoms with van der Waals surface area (Å²) in [5.74, 6) is -1.06. The van der Waals surface area contributed by atoms with Crippen LogP contribution in [0.1, 0.15) is 15.9 Å². The number of hydrogen-bond donors (Lipinski definition) is 3. The summed E-state index contributed by atoms with van der Waals surface area (Å²) in [6.07, 6.45) is 3.98. The minimum atomic E-state index is -0.552. The fourth-order valence-electron chi connectivity index (χ4n) is 2.73. The van der Waals surface area contributed by atoms with Crippen LogP contribution in [0.25, 0.3) is 17.0 Å². The predicted octanol–water partition coefficient (Wildman–Crippen LogP) is 3.46. The second-order valence-electron chi connectivity index (χ2n) is 5.43. The lowest BCUT2D eigenvalue weighted by Crippen LogP contribution is -2.02. The van der Waals surface area contributed by atoms with Gasteiger partial charge in [-0.3, -0.25) is 4.79 Å². The number of allylic oxidation sites excluding steroid dienone is 1. The van der Waals surface area contributed by atoms with Gasteiger partial charge in [0.05, 0.1) is 25.9 Å². The van der Waals surface area contributed by atoms with Gasteiger partial charge in [0.1, 0.15) is 22.8 Å². The van der Waals surface area contributed by atoms with Crippen LogP contribution >= 0.6 is 0 Å². The molecule has 3 N–H and O–H groups in total. The van der Waals surface area contributed by atoms with E-state index in [1.54, 1.807) is 6.07 Å². The lowest BCUT2D eigenvalue weighted by Gasteiger charge is -2.13. The summed E-state index contributed by atoms with van der Waals surface area (Å²) in [6.45, 7) is 0. The molecule has 0 unspecified atom stereocenters. The summed E-state index contributed by atoms with van der Waals surface area (Å²) < 4.78 is 15.8. The molecule has 1 aromatic heterocycles. The molecule has 0 saturated carbocycles. The minimum absolute atomic E-state index is 0.0255. The Morgan fingerprint density at radius 1 is 1.04 bits per heavy atom. The standard InChI is InChI=1S/C19H16O7/c1-24-17-13-5-6-26-18(13)19(25-2)16(23)15(17)14(22)4-3-10-7-11(20)9-12(21)8-10/h3-9,20-21,23H,1-2H3. The number of hydrogen-bond acceptors (Lipinski definition) is 7. The molecule has 0 amide bonds. The molecule has 134 valence electrons. The van der Waals surface area contributed by atoms with Crippen molar-refractivity contribution in [1.29, 1.82) is 0 Å². The normalized spacial score (nSPS) is 11.2. The van der Waals surface area contributed by atoms with Gasteiger partial charge in [0.15, 0.2) is 17.1 Å². The van der Waals surface area contributed by atoms with Gasteiger partial charge in [-0.2, -0.15) is 0 Å². The number of carbonyl (C=O) groups excluding carboxylic acids is 1. The summed E-state index contributed by atoms with van der Waals surface area (Å²) >= 11 is 0. The summed E-state index contributed by atoms with van der Waals surface area (Å²) in [5.41, 5.74) is 0.588. The molecule has 2 aromatic carbocycles. The lowest BCUT2D eigenvalue weighted by molar-refractivity contribution is 0.104. The van der Waals surface area contributed by atoms with E-state index >= 15 is 0 Å². The number of fused-ring (bicyclic) bond motifs is 1. The Bertz CT molecular complexity index is 994. The SMILES string of the molecule is COc1c(C(=O)C=Cc2cc(O)cc(O)c2)c(O)c(OC)c2occc12. The smallest absolute Gasteiger partial charge is 0.205 e. The molecule has 1 heterocycles. The van der Waals surface area contributed by atoms with Gasteiger partial charge in [-0.1, -0.05) is 6.08 Å². The highest BCUT2D eigenvalue weighted by molar-refractivity contribution is 6.15. The molecule has 3 rings (SSSR count). The van der Waals surface area contributed by atoms with Gasteiger partial charge in [-0.05, 0) is 29.8 Å². The van der Waals surface area contributed by atoms with Crippen molar-refractivity contribution in [2.45, 2.75) is 0 Å². The largest absolute Gasteiger partial charge is 0.508 e. The van der Waals surface area contributed by atoms with E-state index in [0.29, 0.717) is 10.9 Å². The third-order valence-corrected chi connectivity index (χ3v) is 3.80. The third-order valence-electron chi connectivity index (χ3n) is 3.80. The fourth-order valence-corrected chi connectivity index (χ4v) is 2.73. The summed E-state index contributed by atoms with van der Waals surface area (Å²) in [7, 11) is 2.73. The number of methoxy groups -OCH3 is 2. The second kappa shape index (κ2) is 6.72. The Kier molecular flexibility index (Phi) is 4.45. The van der Waals surface area contributed by atoms with Crippen LogP contribution in [0.4, 0.5) is 0 Å². The van der Waals surface area contributed by atoms with Crippen LogP contribution in [0, 0.1) is 0 Å². The number of furan rings is 1. The Balaban J connectivity index is 2.10. The molecule has 3 aromatic rings. The Morgan fingerprint density at radius 3 is 2.31 bits per heavy atom. The van der Waals surface area contributed by atoms with Crippen molar-refractivity contribution in [3.63, 3.8) is 0 Å². The van der Waals surface area contributed by atoms with Gasteiger partial charge in [-0.15, -0.1) is 0 Å². The van der Waals surface area contributed by atoms with Gasteiger partial charge in [0.2, 0.25) is 5.75 Å². The van der Waals surface area contributed by atoms with Gasteiger partial charge in [0, 0.05) is 6.07 Å². The molecule has 0 saturated heterocycles. The summed E-state index contributed by atoms with van der Waals surface area (Å²) in [6, 6.07) is 5.52. The molecule has 7 heteroatoms. The first kappa shape index (κ1) is 17.2. The van der Waals surface area contributed by atoms with Crippen LogP contribution in [0.3, 0.4) is 0 Å². The molecular formula is C19H16O7. The number of phenols is 3. The van der Waals surface area contributed by atoms with E-state index in [-0.39, 0.29) is 34.1 Å². The van der Waals surface area contributed by atoms with Crippen molar-refractivity contribution in [2.75, 3.05) is 14.2 Å². The van der Waals surface area contributed by atoms with E-state index in [2.05, 4.69) is 0 Å². The van der Waals surface area contributed by atoms with Crippen LogP contribution in [-0.2, 0) is 0 Å². The molecule has 0 aliphatic carbocycles. The van der Waals surface area contributed by atoms with Crippen molar-refractivity contribution in [3.05, 3.63) is 47.7 Å². The number of benzene rings is 2. The topological polar surface area (TPSA) is 109 Å². The number of ketones is 1. The van der Waals surface area contributed by atoms with E-state index in [1.807, 2.05) is 0 Å². The first-order valence-corrected chi connectivity index (χ1v) is 7.55.